The number of nitrogens with zero attached hydrogens (tertiary/aromatic N) is 1. The molecule has 4 rings (SSSR count). The topological polar surface area (TPSA) is 55.0 Å². The van der Waals surface area contributed by atoms with Gasteiger partial charge in [-0.15, -0.1) is 11.3 Å². The molecule has 0 radical (unpaired) electrons. The molecule has 0 atom stereocenters. The minimum absolute atomic E-state index is 0.150. The Morgan fingerprint density at radius 1 is 1.12 bits per heavy atom. The van der Waals surface area contributed by atoms with Crippen molar-refractivity contribution in [2.24, 2.45) is 0 Å². The minimum atomic E-state index is -0.150. The van der Waals surface area contributed by atoms with Gasteiger partial charge in [-0.25, -0.2) is 4.98 Å². The summed E-state index contributed by atoms with van der Waals surface area (Å²) in [4.78, 5) is 19.7. The molecule has 0 amide bonds. The molecule has 4 aromatic rings. The van der Waals surface area contributed by atoms with E-state index in [9.17, 15) is 4.79 Å². The van der Waals surface area contributed by atoms with Crippen LogP contribution >= 0.6 is 22.9 Å². The van der Waals surface area contributed by atoms with Gasteiger partial charge in [-0.05, 0) is 29.7 Å². The van der Waals surface area contributed by atoms with Crippen LogP contribution in [-0.4, -0.2) is 9.97 Å². The quantitative estimate of drug-likeness (QED) is 0.558. The minimum Gasteiger partial charge on any atom is -0.485 e. The Bertz CT molecular complexity index is 1100. The van der Waals surface area contributed by atoms with Crippen LogP contribution in [0, 0.1) is 0 Å². The number of ether oxygens (including phenoxy) is 1. The van der Waals surface area contributed by atoms with Crippen molar-refractivity contribution in [3.8, 4) is 17.0 Å². The number of para-hydroxylation sites is 2. The van der Waals surface area contributed by atoms with Crippen molar-refractivity contribution in [1.29, 1.82) is 0 Å². The van der Waals surface area contributed by atoms with Gasteiger partial charge in [0.15, 0.2) is 0 Å². The van der Waals surface area contributed by atoms with Crippen molar-refractivity contribution in [2.45, 2.75) is 6.61 Å². The Labute approximate surface area is 152 Å². The molecule has 0 aliphatic heterocycles. The van der Waals surface area contributed by atoms with Crippen LogP contribution in [0.15, 0.2) is 64.8 Å². The van der Waals surface area contributed by atoms with Crippen molar-refractivity contribution in [3.63, 3.8) is 0 Å². The van der Waals surface area contributed by atoms with Crippen molar-refractivity contribution >= 4 is 33.8 Å². The highest BCUT2D eigenvalue weighted by molar-refractivity contribution is 7.09. The Morgan fingerprint density at radius 2 is 1.92 bits per heavy atom. The number of thiazole rings is 1. The number of nitrogens with one attached hydrogen (secondary N) is 1. The average molecular weight is 369 g/mol. The van der Waals surface area contributed by atoms with Gasteiger partial charge in [-0.3, -0.25) is 4.79 Å². The summed E-state index contributed by atoms with van der Waals surface area (Å²) in [5.41, 5.74) is 1.87. The monoisotopic (exact) mass is 368 g/mol. The molecule has 2 heterocycles. The maximum Gasteiger partial charge on any atom is 0.257 e. The first-order valence-corrected chi connectivity index (χ1v) is 8.90. The summed E-state index contributed by atoms with van der Waals surface area (Å²) >= 11 is 7.53. The third-order valence-electron chi connectivity index (χ3n) is 3.77. The zero-order valence-electron chi connectivity index (χ0n) is 13.0. The van der Waals surface area contributed by atoms with Gasteiger partial charge in [0.2, 0.25) is 0 Å². The molecule has 4 nitrogen and oxygen atoms in total. The van der Waals surface area contributed by atoms with E-state index in [1.54, 1.807) is 6.07 Å². The zero-order chi connectivity index (χ0) is 17.2. The molecule has 0 spiro atoms. The Balaban J connectivity index is 1.60. The van der Waals surface area contributed by atoms with E-state index in [-0.39, 0.29) is 5.56 Å². The van der Waals surface area contributed by atoms with Gasteiger partial charge in [-0.2, -0.15) is 0 Å². The molecular formula is C19H13ClN2O2S. The predicted molar refractivity (Wildman–Crippen MR) is 101 cm³/mol. The molecule has 0 bridgehead atoms. The van der Waals surface area contributed by atoms with E-state index in [0.29, 0.717) is 28.6 Å². The lowest BCUT2D eigenvalue weighted by Crippen LogP contribution is -2.08. The molecule has 2 aromatic heterocycles. The fourth-order valence-electron chi connectivity index (χ4n) is 2.54. The lowest BCUT2D eigenvalue weighted by Gasteiger charge is -2.05. The molecule has 0 saturated carbocycles. The lowest BCUT2D eigenvalue weighted by atomic mass is 10.1. The van der Waals surface area contributed by atoms with Crippen LogP contribution in [0.3, 0.4) is 0 Å². The van der Waals surface area contributed by atoms with Crippen molar-refractivity contribution in [2.75, 3.05) is 0 Å². The molecule has 6 heteroatoms. The first-order valence-electron chi connectivity index (χ1n) is 7.65. The second kappa shape index (κ2) is 6.70. The first kappa shape index (κ1) is 15.9. The number of rotatable bonds is 4. The molecule has 0 aliphatic rings. The maximum absolute atomic E-state index is 12.3. The molecule has 1 N–H and O–H groups in total. The number of H-pyrrole nitrogens is 1. The standard InChI is InChI=1S/C19H13ClN2O2S/c20-14-6-2-4-8-17(14)24-10-18-21-16(11-25-18)13-9-12-5-1-3-7-15(12)22-19(13)23/h1-9,11H,10H2,(H,22,23). The summed E-state index contributed by atoms with van der Waals surface area (Å²) in [7, 11) is 0. The van der Waals surface area contributed by atoms with Crippen LogP contribution < -0.4 is 10.3 Å². The highest BCUT2D eigenvalue weighted by Gasteiger charge is 2.11. The summed E-state index contributed by atoms with van der Waals surface area (Å²) in [6.45, 7) is 0.305. The second-order valence-electron chi connectivity index (χ2n) is 5.44. The molecule has 0 unspecified atom stereocenters. The normalized spacial score (nSPS) is 10.9. The molecule has 0 fully saturated rings. The van der Waals surface area contributed by atoms with E-state index in [1.165, 1.54) is 11.3 Å². The van der Waals surface area contributed by atoms with Gasteiger partial charge in [0.25, 0.3) is 5.56 Å². The summed E-state index contributed by atoms with van der Waals surface area (Å²) in [6, 6.07) is 16.8. The molecule has 0 aliphatic carbocycles. The van der Waals surface area contributed by atoms with Gasteiger partial charge in [0.05, 0.1) is 16.3 Å². The number of pyridine rings is 1. The van der Waals surface area contributed by atoms with E-state index in [4.69, 9.17) is 16.3 Å². The van der Waals surface area contributed by atoms with E-state index in [1.807, 2.05) is 53.9 Å². The highest BCUT2D eigenvalue weighted by Crippen LogP contribution is 2.26. The second-order valence-corrected chi connectivity index (χ2v) is 6.79. The molecule has 25 heavy (non-hydrogen) atoms. The van der Waals surface area contributed by atoms with Crippen LogP contribution in [0.5, 0.6) is 5.75 Å². The van der Waals surface area contributed by atoms with Crippen molar-refractivity contribution < 1.29 is 4.74 Å². The Hall–Kier alpha value is -2.63. The van der Waals surface area contributed by atoms with Gasteiger partial charge in [0, 0.05) is 10.9 Å². The Kier molecular flexibility index (Phi) is 4.26. The summed E-state index contributed by atoms with van der Waals surface area (Å²) < 4.78 is 5.70. The maximum atomic E-state index is 12.3. The number of hydrogen-bond donors (Lipinski definition) is 1. The molecular weight excluding hydrogens is 356 g/mol. The third-order valence-corrected chi connectivity index (χ3v) is 4.90. The van der Waals surface area contributed by atoms with Gasteiger partial charge in [0.1, 0.15) is 17.4 Å². The summed E-state index contributed by atoms with van der Waals surface area (Å²) in [5.74, 6) is 0.615. The zero-order valence-corrected chi connectivity index (χ0v) is 14.6. The van der Waals surface area contributed by atoms with Gasteiger partial charge >= 0.3 is 0 Å². The van der Waals surface area contributed by atoms with Crippen molar-refractivity contribution in [3.05, 3.63) is 80.4 Å². The molecule has 124 valence electrons. The number of hydrogen-bond acceptors (Lipinski definition) is 4. The largest absolute Gasteiger partial charge is 0.485 e. The molecule has 2 aromatic carbocycles. The number of halogens is 1. The van der Waals surface area contributed by atoms with Gasteiger partial charge < -0.3 is 9.72 Å². The fraction of sp³-hybridized carbons (Fsp3) is 0.0526. The van der Waals surface area contributed by atoms with Gasteiger partial charge in [-0.1, -0.05) is 41.9 Å². The number of aromatic nitrogens is 2. The van der Waals surface area contributed by atoms with Crippen LogP contribution in [0.4, 0.5) is 0 Å². The first-order chi connectivity index (χ1) is 12.2. The SMILES string of the molecule is O=c1[nH]c2ccccc2cc1-c1csc(COc2ccccc2Cl)n1. The number of benzene rings is 2. The van der Waals surface area contributed by atoms with Crippen LogP contribution in [0.25, 0.3) is 22.2 Å². The highest BCUT2D eigenvalue weighted by atomic mass is 35.5. The fourth-order valence-corrected chi connectivity index (χ4v) is 3.44. The van der Waals surface area contributed by atoms with Crippen molar-refractivity contribution in [1.82, 2.24) is 9.97 Å². The summed E-state index contributed by atoms with van der Waals surface area (Å²) in [5, 5.41) is 4.18. The summed E-state index contributed by atoms with van der Waals surface area (Å²) in [6.07, 6.45) is 0. The third kappa shape index (κ3) is 3.29. The number of fused-ring (bicyclic) bond motifs is 1. The smallest absolute Gasteiger partial charge is 0.257 e. The lowest BCUT2D eigenvalue weighted by molar-refractivity contribution is 0.306. The predicted octanol–water partition coefficient (Wildman–Crippen LogP) is 4.88. The average Bonchev–Trinajstić information content (AvgIpc) is 3.09. The van der Waals surface area contributed by atoms with E-state index in [2.05, 4.69) is 9.97 Å². The van der Waals surface area contributed by atoms with Crippen LogP contribution in [0.2, 0.25) is 5.02 Å². The molecule has 0 saturated heterocycles. The van der Waals surface area contributed by atoms with Crippen LogP contribution in [0.1, 0.15) is 5.01 Å². The van der Waals surface area contributed by atoms with E-state index in [0.717, 1.165) is 15.9 Å². The van der Waals surface area contributed by atoms with E-state index < -0.39 is 0 Å². The Morgan fingerprint density at radius 3 is 2.80 bits per heavy atom. The van der Waals surface area contributed by atoms with Crippen LogP contribution in [-0.2, 0) is 6.61 Å². The number of aromatic amines is 1. The van der Waals surface area contributed by atoms with E-state index >= 15 is 0 Å².